The summed E-state index contributed by atoms with van der Waals surface area (Å²) in [5.41, 5.74) is 1.30. The molecule has 3 heterocycles. The van der Waals surface area contributed by atoms with Crippen LogP contribution in [-0.2, 0) is 11.3 Å². The van der Waals surface area contributed by atoms with Gasteiger partial charge < -0.3 is 14.7 Å². The molecule has 2 aromatic heterocycles. The van der Waals surface area contributed by atoms with Crippen LogP contribution in [0.25, 0.3) is 11.4 Å². The van der Waals surface area contributed by atoms with Crippen LogP contribution in [0.15, 0.2) is 47.1 Å². The highest BCUT2D eigenvalue weighted by atomic mass is 19.1. The maximum atomic E-state index is 13.9. The molecule has 1 aliphatic carbocycles. The quantitative estimate of drug-likeness (QED) is 0.628. The van der Waals surface area contributed by atoms with Crippen molar-refractivity contribution in [1.29, 1.82) is 0 Å². The number of carbonyl (C=O) groups is 1. The summed E-state index contributed by atoms with van der Waals surface area (Å²) in [7, 11) is 0. The normalized spacial score (nSPS) is 18.9. The smallest absolute Gasteiger partial charge is 0.230 e. The highest BCUT2D eigenvalue weighted by Crippen LogP contribution is 2.37. The summed E-state index contributed by atoms with van der Waals surface area (Å²) >= 11 is 0. The SMILES string of the molecule is O=C(NCc1ccccc1F)[C@@H]1CCCN(c2ncccc2-c2noc(C3CCC3)n2)C1. The van der Waals surface area contributed by atoms with Crippen LogP contribution in [0.2, 0.25) is 0 Å². The Bertz CT molecular complexity index is 1100. The van der Waals surface area contributed by atoms with Gasteiger partial charge in [0, 0.05) is 37.3 Å². The predicted molar refractivity (Wildman–Crippen MR) is 117 cm³/mol. The van der Waals surface area contributed by atoms with Gasteiger partial charge in [-0.1, -0.05) is 29.8 Å². The highest BCUT2D eigenvalue weighted by molar-refractivity contribution is 5.80. The molecule has 166 valence electrons. The molecule has 0 unspecified atom stereocenters. The Labute approximate surface area is 186 Å². The van der Waals surface area contributed by atoms with Crippen LogP contribution in [0.4, 0.5) is 10.2 Å². The summed E-state index contributed by atoms with van der Waals surface area (Å²) in [6, 6.07) is 10.3. The lowest BCUT2D eigenvalue weighted by Gasteiger charge is -2.33. The lowest BCUT2D eigenvalue weighted by molar-refractivity contribution is -0.125. The predicted octanol–water partition coefficient (Wildman–Crippen LogP) is 4.07. The maximum Gasteiger partial charge on any atom is 0.230 e. The largest absolute Gasteiger partial charge is 0.355 e. The molecular weight excluding hydrogens is 409 g/mol. The molecular formula is C24H26FN5O2. The van der Waals surface area contributed by atoms with Gasteiger partial charge in [0.05, 0.1) is 11.5 Å². The van der Waals surface area contributed by atoms with Crippen LogP contribution >= 0.6 is 0 Å². The lowest BCUT2D eigenvalue weighted by atomic mass is 9.85. The maximum absolute atomic E-state index is 13.9. The van der Waals surface area contributed by atoms with Gasteiger partial charge in [-0.25, -0.2) is 9.37 Å². The zero-order chi connectivity index (χ0) is 21.9. The first-order valence-corrected chi connectivity index (χ1v) is 11.2. The summed E-state index contributed by atoms with van der Waals surface area (Å²) in [4.78, 5) is 24.1. The third-order valence-corrected chi connectivity index (χ3v) is 6.43. The van der Waals surface area contributed by atoms with E-state index in [1.807, 2.05) is 12.1 Å². The molecule has 8 heteroatoms. The Morgan fingerprint density at radius 2 is 2.03 bits per heavy atom. The van der Waals surface area contributed by atoms with Crippen molar-refractivity contribution in [3.63, 3.8) is 0 Å². The summed E-state index contributed by atoms with van der Waals surface area (Å²) in [6.45, 7) is 1.53. The number of nitrogens with zero attached hydrogens (tertiary/aromatic N) is 4. The van der Waals surface area contributed by atoms with Gasteiger partial charge in [-0.2, -0.15) is 4.98 Å². The molecule has 0 radical (unpaired) electrons. The molecule has 1 saturated carbocycles. The highest BCUT2D eigenvalue weighted by Gasteiger charge is 2.30. The molecule has 32 heavy (non-hydrogen) atoms. The first-order chi connectivity index (χ1) is 15.7. The van der Waals surface area contributed by atoms with E-state index < -0.39 is 0 Å². The van der Waals surface area contributed by atoms with Crippen molar-refractivity contribution < 1.29 is 13.7 Å². The number of anilines is 1. The minimum absolute atomic E-state index is 0.0673. The first kappa shape index (κ1) is 20.6. The van der Waals surface area contributed by atoms with Gasteiger partial charge in [-0.3, -0.25) is 4.79 Å². The molecule has 1 saturated heterocycles. The van der Waals surface area contributed by atoms with Gasteiger partial charge in [-0.15, -0.1) is 0 Å². The molecule has 1 aromatic carbocycles. The van der Waals surface area contributed by atoms with Crippen molar-refractivity contribution in [2.45, 2.75) is 44.6 Å². The van der Waals surface area contributed by atoms with Gasteiger partial charge >= 0.3 is 0 Å². The number of pyridine rings is 1. The second-order valence-corrected chi connectivity index (χ2v) is 8.55. The Morgan fingerprint density at radius 3 is 2.84 bits per heavy atom. The standard InChI is InChI=1S/C24H26FN5O2/c25-20-11-2-1-6-17(20)14-27-23(31)18-9-5-13-30(15-18)22-19(10-4-12-26-22)21-28-24(32-29-21)16-7-3-8-16/h1-2,4,6,10-12,16,18H,3,5,7-9,13-15H2,(H,27,31)/t18-/m1/s1. The van der Waals surface area contributed by atoms with E-state index in [4.69, 9.17) is 4.52 Å². The van der Waals surface area contributed by atoms with Gasteiger partial charge in [0.1, 0.15) is 11.6 Å². The number of aromatic nitrogens is 3. The molecule has 3 aromatic rings. The molecule has 1 amide bonds. The molecule has 5 rings (SSSR count). The third-order valence-electron chi connectivity index (χ3n) is 6.43. The average Bonchev–Trinajstić information content (AvgIpc) is 3.26. The van der Waals surface area contributed by atoms with Crippen molar-refractivity contribution in [3.8, 4) is 11.4 Å². The van der Waals surface area contributed by atoms with E-state index in [-0.39, 0.29) is 24.2 Å². The minimum atomic E-state index is -0.308. The van der Waals surface area contributed by atoms with E-state index in [2.05, 4.69) is 25.3 Å². The lowest BCUT2D eigenvalue weighted by Crippen LogP contribution is -2.43. The van der Waals surface area contributed by atoms with E-state index >= 15 is 0 Å². The van der Waals surface area contributed by atoms with Gasteiger partial charge in [0.15, 0.2) is 0 Å². The second kappa shape index (κ2) is 9.06. The van der Waals surface area contributed by atoms with Crippen LogP contribution in [-0.4, -0.2) is 34.1 Å². The minimum Gasteiger partial charge on any atom is -0.355 e. The topological polar surface area (TPSA) is 84.2 Å². The third kappa shape index (κ3) is 4.22. The number of hydrogen-bond acceptors (Lipinski definition) is 6. The molecule has 1 aliphatic heterocycles. The van der Waals surface area contributed by atoms with Crippen molar-refractivity contribution >= 4 is 11.7 Å². The molecule has 1 atom stereocenters. The number of nitrogens with one attached hydrogen (secondary N) is 1. The second-order valence-electron chi connectivity index (χ2n) is 8.55. The number of hydrogen-bond donors (Lipinski definition) is 1. The Morgan fingerprint density at radius 1 is 1.16 bits per heavy atom. The van der Waals surface area contributed by atoms with Gasteiger partial charge in [0.2, 0.25) is 17.6 Å². The van der Waals surface area contributed by atoms with E-state index in [0.717, 1.165) is 43.6 Å². The van der Waals surface area contributed by atoms with Crippen molar-refractivity contribution in [2.75, 3.05) is 18.0 Å². The number of rotatable bonds is 6. The Kier molecular flexibility index (Phi) is 5.83. The summed E-state index contributed by atoms with van der Waals surface area (Å²) in [5.74, 6) is 1.81. The van der Waals surface area contributed by atoms with Gasteiger partial charge in [0.25, 0.3) is 0 Å². The molecule has 0 bridgehead atoms. The number of carbonyl (C=O) groups excluding carboxylic acids is 1. The first-order valence-electron chi connectivity index (χ1n) is 11.2. The summed E-state index contributed by atoms with van der Waals surface area (Å²) in [5, 5.41) is 7.09. The summed E-state index contributed by atoms with van der Waals surface area (Å²) in [6.07, 6.45) is 6.79. The molecule has 0 spiro atoms. The number of benzene rings is 1. The zero-order valence-electron chi connectivity index (χ0n) is 17.8. The monoisotopic (exact) mass is 435 g/mol. The number of piperidine rings is 1. The van der Waals surface area contributed by atoms with E-state index in [9.17, 15) is 9.18 Å². The van der Waals surface area contributed by atoms with Crippen LogP contribution in [0.5, 0.6) is 0 Å². The molecule has 2 fully saturated rings. The Hall–Kier alpha value is -3.29. The van der Waals surface area contributed by atoms with Gasteiger partial charge in [-0.05, 0) is 43.9 Å². The molecule has 1 N–H and O–H groups in total. The molecule has 7 nitrogen and oxygen atoms in total. The van der Waals surface area contributed by atoms with E-state index in [0.29, 0.717) is 29.7 Å². The van der Waals surface area contributed by atoms with Crippen LogP contribution in [0.1, 0.15) is 49.5 Å². The fourth-order valence-corrected chi connectivity index (χ4v) is 4.34. The van der Waals surface area contributed by atoms with E-state index in [1.54, 1.807) is 24.4 Å². The Balaban J connectivity index is 1.29. The van der Waals surface area contributed by atoms with Crippen LogP contribution < -0.4 is 10.2 Å². The van der Waals surface area contributed by atoms with Crippen LogP contribution in [0.3, 0.4) is 0 Å². The van der Waals surface area contributed by atoms with Crippen molar-refractivity contribution in [2.24, 2.45) is 5.92 Å². The molecule has 2 aliphatic rings. The zero-order valence-corrected chi connectivity index (χ0v) is 17.8. The van der Waals surface area contributed by atoms with Crippen molar-refractivity contribution in [3.05, 3.63) is 59.9 Å². The number of halogens is 1. The fourth-order valence-electron chi connectivity index (χ4n) is 4.34. The van der Waals surface area contributed by atoms with Crippen molar-refractivity contribution in [1.82, 2.24) is 20.4 Å². The number of amides is 1. The van der Waals surface area contributed by atoms with Crippen LogP contribution in [0, 0.1) is 11.7 Å². The fraction of sp³-hybridized carbons (Fsp3) is 0.417. The summed E-state index contributed by atoms with van der Waals surface area (Å²) < 4.78 is 19.4. The van der Waals surface area contributed by atoms with E-state index in [1.165, 1.54) is 12.5 Å². The average molecular weight is 436 g/mol.